The van der Waals surface area contributed by atoms with Crippen LogP contribution in [0.25, 0.3) is 0 Å². The van der Waals surface area contributed by atoms with E-state index >= 15 is 0 Å². The average Bonchev–Trinajstić information content (AvgIpc) is 3.34. The zero-order valence-corrected chi connectivity index (χ0v) is 22.4. The Labute approximate surface area is 223 Å². The summed E-state index contributed by atoms with van der Waals surface area (Å²) >= 11 is 0. The first-order valence-electron chi connectivity index (χ1n) is 13.1. The summed E-state index contributed by atoms with van der Waals surface area (Å²) in [5.74, 6) is 0.458. The molecule has 1 amide bonds. The van der Waals surface area contributed by atoms with Crippen molar-refractivity contribution in [2.24, 2.45) is 0 Å². The van der Waals surface area contributed by atoms with Gasteiger partial charge in [0.15, 0.2) is 6.79 Å². The van der Waals surface area contributed by atoms with Crippen molar-refractivity contribution in [3.8, 4) is 11.5 Å². The van der Waals surface area contributed by atoms with Gasteiger partial charge >= 0.3 is 0 Å². The fourth-order valence-corrected chi connectivity index (χ4v) is 5.39. The van der Waals surface area contributed by atoms with Crippen LogP contribution >= 0.6 is 0 Å². The van der Waals surface area contributed by atoms with Crippen molar-refractivity contribution in [2.75, 3.05) is 13.9 Å². The number of amides is 1. The van der Waals surface area contributed by atoms with E-state index in [-0.39, 0.29) is 42.5 Å². The molecule has 1 saturated heterocycles. The Morgan fingerprint density at radius 3 is 2.63 bits per heavy atom. The molecule has 2 heterocycles. The van der Waals surface area contributed by atoms with Crippen LogP contribution in [0, 0.1) is 5.82 Å². The van der Waals surface area contributed by atoms with Crippen molar-refractivity contribution in [3.05, 3.63) is 94.3 Å². The van der Waals surface area contributed by atoms with Gasteiger partial charge in [-0.1, -0.05) is 63.2 Å². The van der Waals surface area contributed by atoms with Gasteiger partial charge in [-0.25, -0.2) is 4.39 Å². The van der Waals surface area contributed by atoms with Crippen LogP contribution in [0.2, 0.25) is 0 Å². The molecule has 2 aliphatic rings. The minimum absolute atomic E-state index is 0.00499. The lowest BCUT2D eigenvalue weighted by atomic mass is 9.86. The maximum absolute atomic E-state index is 14.6. The van der Waals surface area contributed by atoms with E-state index in [0.29, 0.717) is 17.9 Å². The van der Waals surface area contributed by atoms with Crippen molar-refractivity contribution in [1.29, 1.82) is 0 Å². The van der Waals surface area contributed by atoms with Gasteiger partial charge in [0.2, 0.25) is 0 Å². The number of methoxy groups -OCH3 is 1. The molecular weight excluding hydrogens is 483 g/mol. The van der Waals surface area contributed by atoms with E-state index in [1.807, 2.05) is 41.3 Å². The number of hydrogen-bond acceptors (Lipinski definition) is 5. The molecule has 200 valence electrons. The van der Waals surface area contributed by atoms with E-state index < -0.39 is 5.82 Å². The summed E-state index contributed by atoms with van der Waals surface area (Å²) in [6.07, 6.45) is 1.29. The fraction of sp³-hybridized carbons (Fsp3) is 0.387. The summed E-state index contributed by atoms with van der Waals surface area (Å²) in [6, 6.07) is 18.7. The molecule has 0 bridgehead atoms. The van der Waals surface area contributed by atoms with Crippen LogP contribution < -0.4 is 14.8 Å². The summed E-state index contributed by atoms with van der Waals surface area (Å²) in [4.78, 5) is 16.0. The third-order valence-corrected chi connectivity index (χ3v) is 7.38. The molecule has 0 aliphatic carbocycles. The van der Waals surface area contributed by atoms with Crippen LogP contribution in [0.15, 0.2) is 60.7 Å². The number of carbonyl (C=O) groups excluding carboxylic acids is 1. The molecule has 5 rings (SSSR count). The number of halogens is 1. The van der Waals surface area contributed by atoms with Gasteiger partial charge in [0.25, 0.3) is 5.91 Å². The topological polar surface area (TPSA) is 60.0 Å². The number of ether oxygens (including phenoxy) is 3. The molecule has 0 radical (unpaired) electrons. The summed E-state index contributed by atoms with van der Waals surface area (Å²) in [6.45, 7) is 7.31. The molecule has 2 aliphatic heterocycles. The highest BCUT2D eigenvalue weighted by Crippen LogP contribution is 2.39. The number of benzene rings is 3. The van der Waals surface area contributed by atoms with Crippen LogP contribution in [0.5, 0.6) is 11.5 Å². The Balaban J connectivity index is 1.48. The molecule has 7 heteroatoms. The lowest BCUT2D eigenvalue weighted by Gasteiger charge is -2.33. The van der Waals surface area contributed by atoms with Crippen LogP contribution in [-0.2, 0) is 23.3 Å². The first-order valence-corrected chi connectivity index (χ1v) is 13.1. The fourth-order valence-electron chi connectivity index (χ4n) is 5.39. The Bertz CT molecular complexity index is 1310. The summed E-state index contributed by atoms with van der Waals surface area (Å²) in [5, 5.41) is 3.61. The molecule has 38 heavy (non-hydrogen) atoms. The highest BCUT2D eigenvalue weighted by atomic mass is 19.1. The minimum Gasteiger partial charge on any atom is -0.496 e. The highest BCUT2D eigenvalue weighted by molar-refractivity contribution is 5.98. The normalized spacial score (nSPS) is 19.1. The molecule has 0 saturated carbocycles. The first kappa shape index (κ1) is 26.2. The van der Waals surface area contributed by atoms with Gasteiger partial charge < -0.3 is 19.1 Å². The molecule has 1 fully saturated rings. The standard InChI is InChI=1S/C31H35FN2O4/c1-31(2,3)23-10-12-27(36-4)21(14-23)17-33-28-13-11-26(20-8-6-5-7-9-20)34(28)30(35)25-16-24(32)15-22-18-37-19-38-29(22)25/h5-10,12,14-16,26,28,33H,11,13,17-19H2,1-4H3. The molecule has 0 spiro atoms. The smallest absolute Gasteiger partial charge is 0.259 e. The lowest BCUT2D eigenvalue weighted by molar-refractivity contribution is -0.0174. The summed E-state index contributed by atoms with van der Waals surface area (Å²) in [7, 11) is 1.67. The third-order valence-electron chi connectivity index (χ3n) is 7.38. The zero-order chi connectivity index (χ0) is 26.9. The number of hydrogen-bond donors (Lipinski definition) is 1. The highest BCUT2D eigenvalue weighted by Gasteiger charge is 2.39. The van der Waals surface area contributed by atoms with E-state index in [1.165, 1.54) is 17.7 Å². The van der Waals surface area contributed by atoms with Crippen molar-refractivity contribution in [2.45, 2.75) is 64.4 Å². The Kier molecular flexibility index (Phi) is 7.41. The van der Waals surface area contributed by atoms with E-state index in [4.69, 9.17) is 14.2 Å². The second-order valence-corrected chi connectivity index (χ2v) is 10.9. The molecule has 3 aromatic rings. The number of fused-ring (bicyclic) bond motifs is 1. The summed E-state index contributed by atoms with van der Waals surface area (Å²) in [5.41, 5.74) is 4.05. The van der Waals surface area contributed by atoms with E-state index in [2.05, 4.69) is 38.2 Å². The van der Waals surface area contributed by atoms with Crippen LogP contribution in [0.4, 0.5) is 4.39 Å². The van der Waals surface area contributed by atoms with Crippen molar-refractivity contribution >= 4 is 5.91 Å². The number of nitrogens with one attached hydrogen (secondary N) is 1. The quantitative estimate of drug-likeness (QED) is 0.428. The molecule has 2 unspecified atom stereocenters. The first-order chi connectivity index (χ1) is 18.3. The van der Waals surface area contributed by atoms with E-state index in [9.17, 15) is 9.18 Å². The summed E-state index contributed by atoms with van der Waals surface area (Å²) < 4.78 is 31.3. The predicted octanol–water partition coefficient (Wildman–Crippen LogP) is 6.09. The second-order valence-electron chi connectivity index (χ2n) is 10.9. The van der Waals surface area contributed by atoms with Crippen LogP contribution in [0.3, 0.4) is 0 Å². The monoisotopic (exact) mass is 518 g/mol. The predicted molar refractivity (Wildman–Crippen MR) is 144 cm³/mol. The third kappa shape index (κ3) is 5.26. The molecule has 1 N–H and O–H groups in total. The maximum Gasteiger partial charge on any atom is 0.259 e. The van der Waals surface area contributed by atoms with Gasteiger partial charge in [-0.15, -0.1) is 0 Å². The Morgan fingerprint density at radius 1 is 1.11 bits per heavy atom. The number of rotatable bonds is 6. The van der Waals surface area contributed by atoms with Crippen molar-refractivity contribution in [3.63, 3.8) is 0 Å². The zero-order valence-electron chi connectivity index (χ0n) is 22.4. The molecule has 6 nitrogen and oxygen atoms in total. The molecular formula is C31H35FN2O4. The van der Waals surface area contributed by atoms with Crippen molar-refractivity contribution < 1.29 is 23.4 Å². The molecule has 3 aromatic carbocycles. The Hall–Kier alpha value is -3.42. The number of nitrogens with zero attached hydrogens (tertiary/aromatic N) is 1. The van der Waals surface area contributed by atoms with Gasteiger partial charge in [0, 0.05) is 17.7 Å². The van der Waals surface area contributed by atoms with Crippen molar-refractivity contribution in [1.82, 2.24) is 10.2 Å². The maximum atomic E-state index is 14.6. The van der Waals surface area contributed by atoms with Gasteiger partial charge in [-0.3, -0.25) is 10.1 Å². The van der Waals surface area contributed by atoms with Gasteiger partial charge in [-0.2, -0.15) is 0 Å². The van der Waals surface area contributed by atoms with Gasteiger partial charge in [0.1, 0.15) is 17.3 Å². The minimum atomic E-state index is -0.482. The Morgan fingerprint density at radius 2 is 1.89 bits per heavy atom. The molecule has 0 aromatic heterocycles. The SMILES string of the molecule is COc1ccc(C(C)(C)C)cc1CNC1CCC(c2ccccc2)N1C(=O)c1cc(F)cc2c1OCOC2. The number of likely N-dealkylation sites (tertiary alicyclic amines) is 1. The molecule has 2 atom stereocenters. The average molecular weight is 519 g/mol. The lowest BCUT2D eigenvalue weighted by Crippen LogP contribution is -2.45. The van der Waals surface area contributed by atoms with Crippen LogP contribution in [0.1, 0.15) is 72.3 Å². The largest absolute Gasteiger partial charge is 0.496 e. The van der Waals surface area contributed by atoms with Crippen LogP contribution in [-0.4, -0.2) is 30.9 Å². The van der Waals surface area contributed by atoms with E-state index in [0.717, 1.165) is 29.7 Å². The second kappa shape index (κ2) is 10.8. The van der Waals surface area contributed by atoms with Gasteiger partial charge in [-0.05, 0) is 47.6 Å². The van der Waals surface area contributed by atoms with Gasteiger partial charge in [0.05, 0.1) is 31.5 Å². The van der Waals surface area contributed by atoms with E-state index in [1.54, 1.807) is 7.11 Å². The number of carbonyl (C=O) groups is 1.